The molecule has 0 spiro atoms. The fraction of sp³-hybridized carbons (Fsp3) is 0.571. The van der Waals surface area contributed by atoms with E-state index in [4.69, 9.17) is 5.21 Å². The van der Waals surface area contributed by atoms with Crippen molar-refractivity contribution in [2.75, 3.05) is 0 Å². The van der Waals surface area contributed by atoms with Crippen molar-refractivity contribution in [3.05, 3.63) is 12.2 Å². The van der Waals surface area contributed by atoms with Crippen molar-refractivity contribution >= 4 is 6.21 Å². The molecule has 2 nitrogen and oxygen atoms in total. The first-order chi connectivity index (χ1) is 4.22. The van der Waals surface area contributed by atoms with E-state index < -0.39 is 0 Å². The van der Waals surface area contributed by atoms with Crippen LogP contribution in [0.3, 0.4) is 0 Å². The zero-order chi connectivity index (χ0) is 7.28. The molecule has 0 saturated carbocycles. The van der Waals surface area contributed by atoms with Gasteiger partial charge in [0.1, 0.15) is 0 Å². The highest BCUT2D eigenvalue weighted by Gasteiger charge is 1.99. The second kappa shape index (κ2) is 4.13. The highest BCUT2D eigenvalue weighted by molar-refractivity contribution is 5.77. The largest absolute Gasteiger partial charge is 0.411 e. The Balaban J connectivity index is 3.73. The van der Waals surface area contributed by atoms with Gasteiger partial charge in [-0.1, -0.05) is 25.6 Å². The zero-order valence-corrected chi connectivity index (χ0v) is 5.96. The molecule has 1 N–H and O–H groups in total. The molecule has 0 heterocycles. The molecule has 0 fully saturated rings. The first-order valence-electron chi connectivity index (χ1n) is 3.08. The molecule has 0 bridgehead atoms. The molecule has 0 aliphatic heterocycles. The Hall–Kier alpha value is -0.790. The molecule has 0 aromatic carbocycles. The summed E-state index contributed by atoms with van der Waals surface area (Å²) in [6, 6.07) is 0. The minimum atomic E-state index is 0.417. The molecule has 0 aromatic heterocycles. The maximum atomic E-state index is 8.09. The quantitative estimate of drug-likeness (QED) is 0.351. The second-order valence-corrected chi connectivity index (χ2v) is 2.13. The van der Waals surface area contributed by atoms with Gasteiger partial charge < -0.3 is 5.21 Å². The highest BCUT2D eigenvalue weighted by Crippen LogP contribution is 2.08. The lowest BCUT2D eigenvalue weighted by Gasteiger charge is -2.04. The van der Waals surface area contributed by atoms with Crippen molar-refractivity contribution in [2.45, 2.75) is 20.3 Å². The number of allylic oxidation sites excluding steroid dienone is 1. The zero-order valence-electron chi connectivity index (χ0n) is 5.96. The van der Waals surface area contributed by atoms with Crippen molar-refractivity contribution < 1.29 is 5.21 Å². The third-order valence-electron chi connectivity index (χ3n) is 1.47. The summed E-state index contributed by atoms with van der Waals surface area (Å²) >= 11 is 0. The highest BCUT2D eigenvalue weighted by atomic mass is 16.4. The van der Waals surface area contributed by atoms with Crippen LogP contribution >= 0.6 is 0 Å². The van der Waals surface area contributed by atoms with Gasteiger partial charge in [-0.3, -0.25) is 0 Å². The molecule has 0 rings (SSSR count). The van der Waals surface area contributed by atoms with Crippen molar-refractivity contribution in [3.8, 4) is 0 Å². The van der Waals surface area contributed by atoms with Gasteiger partial charge >= 0.3 is 0 Å². The van der Waals surface area contributed by atoms with Gasteiger partial charge in [-0.2, -0.15) is 0 Å². The van der Waals surface area contributed by atoms with E-state index in [1.54, 1.807) is 0 Å². The molecular formula is C7H13NO. The lowest BCUT2D eigenvalue weighted by Crippen LogP contribution is -1.96. The molecule has 0 aromatic rings. The van der Waals surface area contributed by atoms with Crippen LogP contribution in [0.2, 0.25) is 0 Å². The first-order valence-corrected chi connectivity index (χ1v) is 3.08. The Morgan fingerprint density at radius 3 is 2.78 bits per heavy atom. The third-order valence-corrected chi connectivity index (χ3v) is 1.47. The summed E-state index contributed by atoms with van der Waals surface area (Å²) in [7, 11) is 0. The third kappa shape index (κ3) is 2.90. The lowest BCUT2D eigenvalue weighted by atomic mass is 10.0. The van der Waals surface area contributed by atoms with Crippen LogP contribution in [-0.2, 0) is 0 Å². The summed E-state index contributed by atoms with van der Waals surface area (Å²) in [5.41, 5.74) is 0.875. The molecule has 9 heavy (non-hydrogen) atoms. The Bertz CT molecular complexity index is 118. The molecule has 1 atom stereocenters. The van der Waals surface area contributed by atoms with E-state index in [2.05, 4.69) is 18.7 Å². The van der Waals surface area contributed by atoms with Gasteiger partial charge in [0.15, 0.2) is 0 Å². The number of hydrogen-bond acceptors (Lipinski definition) is 2. The number of nitrogens with zero attached hydrogens (tertiary/aromatic N) is 1. The van der Waals surface area contributed by atoms with E-state index in [9.17, 15) is 0 Å². The van der Waals surface area contributed by atoms with Gasteiger partial charge in [-0.25, -0.2) is 0 Å². The van der Waals surface area contributed by atoms with Crippen molar-refractivity contribution in [2.24, 2.45) is 11.1 Å². The van der Waals surface area contributed by atoms with Crippen LogP contribution in [0.4, 0.5) is 0 Å². The minimum Gasteiger partial charge on any atom is -0.411 e. The molecule has 0 radical (unpaired) electrons. The summed E-state index contributed by atoms with van der Waals surface area (Å²) in [6.07, 6.45) is 2.42. The van der Waals surface area contributed by atoms with Crippen LogP contribution in [0, 0.1) is 5.92 Å². The van der Waals surface area contributed by atoms with E-state index in [1.807, 2.05) is 6.92 Å². The summed E-state index contributed by atoms with van der Waals surface area (Å²) in [6.45, 7) is 7.82. The Morgan fingerprint density at radius 1 is 1.89 bits per heavy atom. The molecule has 0 aliphatic carbocycles. The Labute approximate surface area is 55.9 Å². The van der Waals surface area contributed by atoms with E-state index in [0.29, 0.717) is 5.92 Å². The minimum absolute atomic E-state index is 0.417. The van der Waals surface area contributed by atoms with E-state index in [1.165, 1.54) is 6.21 Å². The smallest absolute Gasteiger partial charge is 0.0690 e. The van der Waals surface area contributed by atoms with Gasteiger partial charge in [0.25, 0.3) is 0 Å². The van der Waals surface area contributed by atoms with Gasteiger partial charge in [0.05, 0.1) is 6.21 Å². The number of oxime groups is 1. The normalized spacial score (nSPS) is 14.0. The van der Waals surface area contributed by atoms with Crippen LogP contribution in [0.15, 0.2) is 17.3 Å². The first kappa shape index (κ1) is 8.21. The predicted octanol–water partition coefficient (Wildman–Crippen LogP) is 2.05. The molecule has 0 amide bonds. The average molecular weight is 127 g/mol. The fourth-order valence-electron chi connectivity index (χ4n) is 0.464. The van der Waals surface area contributed by atoms with Crippen molar-refractivity contribution in [1.82, 2.24) is 0 Å². The van der Waals surface area contributed by atoms with Gasteiger partial charge in [0.2, 0.25) is 0 Å². The summed E-state index contributed by atoms with van der Waals surface area (Å²) in [5.74, 6) is 0.417. The monoisotopic (exact) mass is 127 g/mol. The number of hydrogen-bond donors (Lipinski definition) is 1. The van der Waals surface area contributed by atoms with Crippen LogP contribution in [0.1, 0.15) is 20.3 Å². The summed E-state index contributed by atoms with van der Waals surface area (Å²) in [4.78, 5) is 0. The molecule has 0 saturated heterocycles. The van der Waals surface area contributed by atoms with E-state index in [-0.39, 0.29) is 0 Å². The van der Waals surface area contributed by atoms with Gasteiger partial charge in [-0.05, 0) is 17.9 Å². The molecule has 0 aliphatic rings. The molecular weight excluding hydrogens is 114 g/mol. The van der Waals surface area contributed by atoms with Crippen LogP contribution in [0.5, 0.6) is 0 Å². The van der Waals surface area contributed by atoms with E-state index >= 15 is 0 Å². The van der Waals surface area contributed by atoms with Crippen LogP contribution in [-0.4, -0.2) is 11.4 Å². The Morgan fingerprint density at radius 2 is 2.44 bits per heavy atom. The summed E-state index contributed by atoms with van der Waals surface area (Å²) < 4.78 is 0. The number of rotatable bonds is 3. The topological polar surface area (TPSA) is 32.6 Å². The Kier molecular flexibility index (Phi) is 3.76. The van der Waals surface area contributed by atoms with Crippen LogP contribution < -0.4 is 0 Å². The van der Waals surface area contributed by atoms with Crippen LogP contribution in [0.25, 0.3) is 0 Å². The predicted molar refractivity (Wildman–Crippen MR) is 38.9 cm³/mol. The summed E-state index contributed by atoms with van der Waals surface area (Å²) in [5, 5.41) is 11.0. The van der Waals surface area contributed by atoms with Gasteiger partial charge in [-0.15, -0.1) is 0 Å². The second-order valence-electron chi connectivity index (χ2n) is 2.13. The maximum absolute atomic E-state index is 8.09. The maximum Gasteiger partial charge on any atom is 0.0690 e. The van der Waals surface area contributed by atoms with Crippen molar-refractivity contribution in [3.63, 3.8) is 0 Å². The SMILES string of the molecule is C=C(/C=N/O)[C@@H](C)CC. The van der Waals surface area contributed by atoms with E-state index in [0.717, 1.165) is 12.0 Å². The lowest BCUT2D eigenvalue weighted by molar-refractivity contribution is 0.321. The van der Waals surface area contributed by atoms with Gasteiger partial charge in [0, 0.05) is 0 Å². The standard InChI is InChI=1S/C7H13NO/c1-4-6(2)7(3)5-8-9/h5-6,9H,3-4H2,1-2H3/b8-5+/t6-/m0/s1. The van der Waals surface area contributed by atoms with Crippen molar-refractivity contribution in [1.29, 1.82) is 0 Å². The molecule has 2 heteroatoms. The molecule has 0 unspecified atom stereocenters. The average Bonchev–Trinajstić information content (AvgIpc) is 1.87. The molecule has 52 valence electrons. The fourth-order valence-corrected chi connectivity index (χ4v) is 0.464.